The lowest BCUT2D eigenvalue weighted by Crippen LogP contribution is -2.59. The first-order valence-corrected chi connectivity index (χ1v) is 18.4. The molecule has 0 saturated carbocycles. The highest BCUT2D eigenvalue weighted by Gasteiger charge is 2.50. The summed E-state index contributed by atoms with van der Waals surface area (Å²) in [5.41, 5.74) is -2.90. The van der Waals surface area contributed by atoms with E-state index in [0.717, 1.165) is 6.92 Å². The third kappa shape index (κ3) is 6.72. The summed E-state index contributed by atoms with van der Waals surface area (Å²) >= 11 is 0. The Hall–Kier alpha value is -5.55. The Balaban J connectivity index is 1.11. The molecule has 2 fully saturated rings. The molecule has 6 N–H and O–H groups in total. The van der Waals surface area contributed by atoms with E-state index in [9.17, 15) is 49.2 Å². The lowest BCUT2D eigenvalue weighted by molar-refractivity contribution is -0.249. The van der Waals surface area contributed by atoms with Crippen molar-refractivity contribution < 1.29 is 58.7 Å². The van der Waals surface area contributed by atoms with Crippen molar-refractivity contribution in [2.75, 3.05) is 6.54 Å². The van der Waals surface area contributed by atoms with Crippen LogP contribution in [0.4, 0.5) is 0 Å². The second kappa shape index (κ2) is 14.8. The molecule has 2 aromatic carbocycles. The van der Waals surface area contributed by atoms with Gasteiger partial charge in [-0.25, -0.2) is 0 Å². The van der Waals surface area contributed by atoms with Crippen molar-refractivity contribution in [3.05, 3.63) is 87.7 Å². The molecule has 1 aromatic heterocycles. The van der Waals surface area contributed by atoms with E-state index in [1.165, 1.54) is 48.5 Å². The average molecular weight is 771 g/mol. The number of aliphatic hydroxyl groups is 2. The number of benzene rings is 2. The Morgan fingerprint density at radius 3 is 2.30 bits per heavy atom. The van der Waals surface area contributed by atoms with Gasteiger partial charge in [0.15, 0.2) is 23.6 Å². The van der Waals surface area contributed by atoms with Crippen LogP contribution in [0, 0.1) is 0 Å². The molecule has 2 aliphatic heterocycles. The highest BCUT2D eigenvalue weighted by atomic mass is 16.7. The van der Waals surface area contributed by atoms with Gasteiger partial charge in [-0.3, -0.25) is 33.8 Å². The predicted octanol–water partition coefficient (Wildman–Crippen LogP) is 1.38. The van der Waals surface area contributed by atoms with Crippen molar-refractivity contribution in [2.45, 2.75) is 101 Å². The number of aliphatic hydroxyl groups excluding tert-OH is 1. The maximum Gasteiger partial charge on any atom is 0.252 e. The Morgan fingerprint density at radius 1 is 1.02 bits per heavy atom. The number of likely N-dealkylation sites (tertiary alicyclic amines) is 1. The second-order valence-electron chi connectivity index (χ2n) is 14.9. The fraction of sp³-hybridized carbons (Fsp3) is 0.425. The number of phenolic OH excluding ortho intramolecular Hbond substituents is 2. The van der Waals surface area contributed by atoms with Gasteiger partial charge < -0.3 is 45.4 Å². The molecule has 2 saturated heterocycles. The smallest absolute Gasteiger partial charge is 0.252 e. The topological polar surface area (TPSA) is 242 Å². The number of rotatable bonds is 8. The second-order valence-corrected chi connectivity index (χ2v) is 14.9. The Bertz CT molecular complexity index is 2140. The number of hydrogen-bond acceptors (Lipinski definition) is 13. The third-order valence-electron chi connectivity index (χ3n) is 11.3. The van der Waals surface area contributed by atoms with Gasteiger partial charge in [-0.2, -0.15) is 0 Å². The average Bonchev–Trinajstić information content (AvgIpc) is 3.67. The number of ether oxygens (including phenoxy) is 2. The van der Waals surface area contributed by atoms with Crippen molar-refractivity contribution >= 4 is 35.1 Å². The maximum atomic E-state index is 13.7. The number of pyridine rings is 1. The number of Topliss-reactive ketones (excluding diaryl/α,β-unsaturated/α-hetero) is 1. The molecule has 294 valence electrons. The van der Waals surface area contributed by atoms with Crippen LogP contribution in [0.15, 0.2) is 48.8 Å². The zero-order chi connectivity index (χ0) is 40.2. The third-order valence-corrected chi connectivity index (χ3v) is 11.3. The van der Waals surface area contributed by atoms with E-state index in [0.29, 0.717) is 18.4 Å². The Labute approximate surface area is 320 Å². The van der Waals surface area contributed by atoms with Crippen LogP contribution in [0.25, 0.3) is 0 Å². The molecular weight excluding hydrogens is 728 g/mol. The molecule has 2 aliphatic carbocycles. The number of aromatic nitrogens is 1. The van der Waals surface area contributed by atoms with Gasteiger partial charge in [-0.05, 0) is 45.7 Å². The van der Waals surface area contributed by atoms with Crippen LogP contribution in [0.5, 0.6) is 11.5 Å². The number of fused-ring (bicyclic) bond motifs is 3. The number of aromatic hydroxyl groups is 2. The van der Waals surface area contributed by atoms with E-state index >= 15 is 0 Å². The van der Waals surface area contributed by atoms with Gasteiger partial charge in [-0.1, -0.05) is 24.3 Å². The normalized spacial score (nSPS) is 27.4. The van der Waals surface area contributed by atoms with Crippen molar-refractivity contribution in [2.24, 2.45) is 0 Å². The van der Waals surface area contributed by atoms with Crippen molar-refractivity contribution in [1.82, 2.24) is 20.5 Å². The molecule has 0 spiro atoms. The lowest BCUT2D eigenvalue weighted by Gasteiger charge is -2.43. The summed E-state index contributed by atoms with van der Waals surface area (Å²) in [4.78, 5) is 85.2. The number of ketones is 3. The summed E-state index contributed by atoms with van der Waals surface area (Å²) in [5.74, 6) is -4.92. The first kappa shape index (κ1) is 38.7. The molecule has 7 rings (SSSR count). The molecule has 16 nitrogen and oxygen atoms in total. The molecule has 56 heavy (non-hydrogen) atoms. The fourth-order valence-corrected chi connectivity index (χ4v) is 8.21. The number of nitrogens with zero attached hydrogens (tertiary/aromatic N) is 2. The van der Waals surface area contributed by atoms with Gasteiger partial charge in [0, 0.05) is 66.0 Å². The minimum atomic E-state index is -2.11. The minimum Gasteiger partial charge on any atom is -0.507 e. The van der Waals surface area contributed by atoms with Crippen molar-refractivity contribution in [3.63, 3.8) is 0 Å². The van der Waals surface area contributed by atoms with Gasteiger partial charge in [0.1, 0.15) is 35.3 Å². The number of carbonyl (C=O) groups excluding carboxylic acids is 6. The first-order chi connectivity index (χ1) is 26.6. The van der Waals surface area contributed by atoms with Crippen molar-refractivity contribution in [1.29, 1.82) is 0 Å². The number of amides is 3. The quantitative estimate of drug-likeness (QED) is 0.139. The molecule has 0 bridgehead atoms. The zero-order valence-corrected chi connectivity index (χ0v) is 30.9. The molecular formula is C40H42N4O12. The monoisotopic (exact) mass is 770 g/mol. The standard InChI is InChI=1S/C40H42N4O12/c1-18(42-37(51)21-10-12-41-13-11-21)39(53)44-14-6-9-26(44)38(52)43-25-15-28(55-19(2)32(25)46)56-27-17-40(54,20(3)45)16-24-29(27)36(50)31-30(35(24)49)33(47)22-7-4-5-8-23(22)34(31)48/h4-5,7-8,10-13,18-19,25-28,32,46,49-50,54H,6,9,14-17H2,1-3H3,(H,42,51)(H,43,52)/t18?,19-,25-,26?,27-,28-,32+,40-/m0/s1. The lowest BCUT2D eigenvalue weighted by atomic mass is 9.72. The van der Waals surface area contributed by atoms with Gasteiger partial charge in [0.25, 0.3) is 5.91 Å². The maximum absolute atomic E-state index is 13.7. The van der Waals surface area contributed by atoms with Crippen LogP contribution >= 0.6 is 0 Å². The van der Waals surface area contributed by atoms with Gasteiger partial charge >= 0.3 is 0 Å². The minimum absolute atomic E-state index is 0.0220. The summed E-state index contributed by atoms with van der Waals surface area (Å²) in [6.07, 6.45) is -2.09. The van der Waals surface area contributed by atoms with Crippen LogP contribution in [-0.4, -0.2) is 114 Å². The Morgan fingerprint density at radius 2 is 1.66 bits per heavy atom. The molecule has 3 aromatic rings. The van der Waals surface area contributed by atoms with Crippen LogP contribution in [-0.2, 0) is 30.3 Å². The van der Waals surface area contributed by atoms with E-state index in [1.807, 2.05) is 0 Å². The van der Waals surface area contributed by atoms with Gasteiger partial charge in [0.05, 0.1) is 29.4 Å². The summed E-state index contributed by atoms with van der Waals surface area (Å²) in [6.45, 7) is 4.48. The van der Waals surface area contributed by atoms with Crippen LogP contribution in [0.2, 0.25) is 0 Å². The molecule has 0 radical (unpaired) electrons. The van der Waals surface area contributed by atoms with E-state index < -0.39 is 119 Å². The van der Waals surface area contributed by atoms with E-state index in [-0.39, 0.29) is 35.2 Å². The van der Waals surface area contributed by atoms with E-state index in [2.05, 4.69) is 15.6 Å². The highest BCUT2D eigenvalue weighted by Crippen LogP contribution is 2.52. The molecule has 16 heteroatoms. The summed E-state index contributed by atoms with van der Waals surface area (Å²) in [5, 5.41) is 51.4. The van der Waals surface area contributed by atoms with E-state index in [4.69, 9.17) is 9.47 Å². The predicted molar refractivity (Wildman–Crippen MR) is 194 cm³/mol. The van der Waals surface area contributed by atoms with E-state index in [1.54, 1.807) is 19.1 Å². The SMILES string of the molecule is CC(=O)[C@]1(O)Cc2c(O)c3c(c(O)c2[C@@H](O[C@H]2C[C@H](NC(=O)C4CCCN4C(=O)C(C)NC(=O)c4ccncc4)[C@H](O)[C@H](C)O2)C1)C(=O)c1ccccc1C3=O. The van der Waals surface area contributed by atoms with Crippen LogP contribution < -0.4 is 10.6 Å². The molecule has 2 unspecified atom stereocenters. The number of nitrogens with one attached hydrogen (secondary N) is 2. The Kier molecular flexibility index (Phi) is 10.3. The molecule has 4 aliphatic rings. The summed E-state index contributed by atoms with van der Waals surface area (Å²) in [6, 6.07) is 6.14. The van der Waals surface area contributed by atoms with Gasteiger partial charge in [0.2, 0.25) is 11.8 Å². The molecule has 3 heterocycles. The van der Waals surface area contributed by atoms with Gasteiger partial charge in [-0.15, -0.1) is 0 Å². The van der Waals surface area contributed by atoms with Crippen LogP contribution in [0.3, 0.4) is 0 Å². The molecule has 8 atom stereocenters. The van der Waals surface area contributed by atoms with Crippen LogP contribution in [0.1, 0.15) is 106 Å². The number of hydrogen-bond donors (Lipinski definition) is 6. The highest BCUT2D eigenvalue weighted by molar-refractivity contribution is 6.30. The number of phenols is 2. The first-order valence-electron chi connectivity index (χ1n) is 18.4. The number of carbonyl (C=O) groups is 6. The largest absolute Gasteiger partial charge is 0.507 e. The zero-order valence-electron chi connectivity index (χ0n) is 30.9. The summed E-state index contributed by atoms with van der Waals surface area (Å²) in [7, 11) is 0. The summed E-state index contributed by atoms with van der Waals surface area (Å²) < 4.78 is 12.3. The molecule has 3 amide bonds. The fourth-order valence-electron chi connectivity index (χ4n) is 8.21. The van der Waals surface area contributed by atoms with Crippen molar-refractivity contribution in [3.8, 4) is 11.5 Å².